The molecule has 0 radical (unpaired) electrons. The first kappa shape index (κ1) is 28.5. The second kappa shape index (κ2) is 13.5. The number of phenols is 1. The summed E-state index contributed by atoms with van der Waals surface area (Å²) in [5, 5.41) is 12.5. The van der Waals surface area contributed by atoms with Gasteiger partial charge < -0.3 is 15.2 Å². The highest BCUT2D eigenvalue weighted by atomic mass is 32.2. The van der Waals surface area contributed by atoms with Crippen LogP contribution in [-0.4, -0.2) is 44.1 Å². The van der Waals surface area contributed by atoms with E-state index in [-0.39, 0.29) is 29.6 Å². The number of hydrogen-bond donors (Lipinski definition) is 3. The lowest BCUT2D eigenvalue weighted by atomic mass is 10.1. The van der Waals surface area contributed by atoms with Crippen molar-refractivity contribution in [2.45, 2.75) is 29.8 Å². The summed E-state index contributed by atoms with van der Waals surface area (Å²) in [5.74, 6) is -1.18. The zero-order valence-electron chi connectivity index (χ0n) is 21.6. The van der Waals surface area contributed by atoms with Gasteiger partial charge in [-0.05, 0) is 60.4 Å². The molecule has 206 valence electrons. The van der Waals surface area contributed by atoms with E-state index < -0.39 is 28.1 Å². The summed E-state index contributed by atoms with van der Waals surface area (Å²) in [5.41, 5.74) is 2.14. The average Bonchev–Trinajstić information content (AvgIpc) is 2.97. The van der Waals surface area contributed by atoms with Crippen molar-refractivity contribution in [3.8, 4) is 5.75 Å². The van der Waals surface area contributed by atoms with Crippen molar-refractivity contribution in [2.24, 2.45) is 0 Å². The van der Waals surface area contributed by atoms with Gasteiger partial charge in [0.2, 0.25) is 10.0 Å². The minimum Gasteiger partial charge on any atom is -0.508 e. The average molecular weight is 559 g/mol. The molecule has 2 atom stereocenters. The molecule has 1 amide bonds. The molecule has 0 aliphatic rings. The monoisotopic (exact) mass is 558 g/mol. The fourth-order valence-electron chi connectivity index (χ4n) is 4.10. The second-order valence-corrected chi connectivity index (χ2v) is 10.9. The number of carbonyl (C=O) groups is 2. The lowest BCUT2D eigenvalue weighted by Gasteiger charge is -2.22. The molecule has 4 aromatic rings. The summed E-state index contributed by atoms with van der Waals surface area (Å²) in [6.45, 7) is -0.168. The van der Waals surface area contributed by atoms with Gasteiger partial charge in [0.05, 0.1) is 10.9 Å². The lowest BCUT2D eigenvalue weighted by molar-refractivity contribution is -0.146. The number of aromatic hydroxyl groups is 1. The van der Waals surface area contributed by atoms with Crippen molar-refractivity contribution >= 4 is 21.9 Å². The quantitative estimate of drug-likeness (QED) is 0.227. The van der Waals surface area contributed by atoms with Crippen LogP contribution in [0.5, 0.6) is 5.75 Å². The molecule has 3 N–H and O–H groups in total. The van der Waals surface area contributed by atoms with E-state index >= 15 is 0 Å². The number of carbonyl (C=O) groups excluding carboxylic acids is 2. The Kier molecular flexibility index (Phi) is 9.66. The van der Waals surface area contributed by atoms with E-state index in [2.05, 4.69) is 10.0 Å². The Labute approximate surface area is 233 Å². The van der Waals surface area contributed by atoms with Crippen LogP contribution in [0.1, 0.15) is 21.5 Å². The van der Waals surface area contributed by atoms with Gasteiger partial charge in [-0.3, -0.25) is 9.59 Å². The Morgan fingerprint density at radius 2 is 1.25 bits per heavy atom. The number of benzene rings is 4. The van der Waals surface area contributed by atoms with E-state index in [9.17, 15) is 23.1 Å². The predicted octanol–water partition coefficient (Wildman–Crippen LogP) is 3.87. The highest BCUT2D eigenvalue weighted by Gasteiger charge is 2.28. The topological polar surface area (TPSA) is 122 Å². The number of ether oxygens (including phenoxy) is 1. The third-order valence-electron chi connectivity index (χ3n) is 6.13. The van der Waals surface area contributed by atoms with Crippen molar-refractivity contribution < 1.29 is 27.9 Å². The van der Waals surface area contributed by atoms with Crippen molar-refractivity contribution in [1.29, 1.82) is 0 Å². The molecule has 40 heavy (non-hydrogen) atoms. The first-order chi connectivity index (χ1) is 19.3. The zero-order chi connectivity index (χ0) is 28.4. The molecule has 4 rings (SSSR count). The maximum atomic E-state index is 13.3. The predicted molar refractivity (Wildman–Crippen MR) is 151 cm³/mol. The Balaban J connectivity index is 1.51. The number of nitrogens with one attached hydrogen (secondary N) is 2. The van der Waals surface area contributed by atoms with Crippen LogP contribution in [0, 0.1) is 0 Å². The molecular weight excluding hydrogens is 528 g/mol. The van der Waals surface area contributed by atoms with Crippen molar-refractivity contribution in [1.82, 2.24) is 10.0 Å². The minimum atomic E-state index is -4.12. The van der Waals surface area contributed by atoms with Gasteiger partial charge in [0.15, 0.2) is 0 Å². The van der Waals surface area contributed by atoms with Crippen LogP contribution in [0.4, 0.5) is 0 Å². The minimum absolute atomic E-state index is 0.0523. The van der Waals surface area contributed by atoms with Crippen LogP contribution in [0.25, 0.3) is 0 Å². The molecule has 0 unspecified atom stereocenters. The Bertz CT molecular complexity index is 1500. The van der Waals surface area contributed by atoms with Gasteiger partial charge in [-0.15, -0.1) is 0 Å². The molecule has 0 spiro atoms. The number of esters is 1. The van der Waals surface area contributed by atoms with Crippen molar-refractivity contribution in [3.05, 3.63) is 132 Å². The first-order valence-corrected chi connectivity index (χ1v) is 14.2. The largest absolute Gasteiger partial charge is 0.508 e. The van der Waals surface area contributed by atoms with E-state index in [1.165, 1.54) is 24.3 Å². The highest BCUT2D eigenvalue weighted by molar-refractivity contribution is 7.89. The Morgan fingerprint density at radius 3 is 1.82 bits per heavy atom. The van der Waals surface area contributed by atoms with Gasteiger partial charge >= 0.3 is 5.97 Å². The maximum absolute atomic E-state index is 13.3. The molecule has 0 bridgehead atoms. The Hall–Kier alpha value is -4.47. The van der Waals surface area contributed by atoms with Gasteiger partial charge in [0.1, 0.15) is 18.4 Å². The summed E-state index contributed by atoms with van der Waals surface area (Å²) >= 11 is 0. The molecule has 9 heteroatoms. The van der Waals surface area contributed by atoms with Gasteiger partial charge in [0, 0.05) is 5.56 Å². The van der Waals surface area contributed by atoms with Gasteiger partial charge in [-0.2, -0.15) is 4.72 Å². The summed E-state index contributed by atoms with van der Waals surface area (Å²) < 4.78 is 34.2. The first-order valence-electron chi connectivity index (χ1n) is 12.7. The molecular formula is C31H30N2O6S. The number of rotatable bonds is 12. The third-order valence-corrected chi connectivity index (χ3v) is 7.62. The van der Waals surface area contributed by atoms with E-state index in [0.29, 0.717) is 12.0 Å². The fraction of sp³-hybridized carbons (Fsp3) is 0.161. The van der Waals surface area contributed by atoms with Crippen LogP contribution < -0.4 is 10.0 Å². The third kappa shape index (κ3) is 8.26. The number of sulfonamides is 1. The molecule has 4 aromatic carbocycles. The summed E-state index contributed by atoms with van der Waals surface area (Å²) in [6, 6.07) is 30.4. The molecule has 0 aliphatic carbocycles. The summed E-state index contributed by atoms with van der Waals surface area (Å²) in [6.07, 6.45) is 0.450. The van der Waals surface area contributed by atoms with Crippen molar-refractivity contribution in [3.63, 3.8) is 0 Å². The maximum Gasteiger partial charge on any atom is 0.324 e. The van der Waals surface area contributed by atoms with E-state index in [4.69, 9.17) is 4.74 Å². The Morgan fingerprint density at radius 1 is 0.725 bits per heavy atom. The normalized spacial score (nSPS) is 12.7. The standard InChI is InChI=1S/C31H30N2O6S/c34-27-16-18-28(19-17-27)40(37,38)33-29(21-24-12-6-2-7-13-24)31(36)39-22-26(20-23-10-4-1-5-11-23)32-30(35)25-14-8-3-9-15-25/h1-19,26,29,33-34H,20-22H2,(H,32,35)/t26-,29-/m0/s1. The highest BCUT2D eigenvalue weighted by Crippen LogP contribution is 2.16. The molecule has 8 nitrogen and oxygen atoms in total. The van der Waals surface area contributed by atoms with E-state index in [1.807, 2.05) is 42.5 Å². The lowest BCUT2D eigenvalue weighted by Crippen LogP contribution is -2.46. The smallest absolute Gasteiger partial charge is 0.324 e. The van der Waals surface area contributed by atoms with Crippen LogP contribution in [-0.2, 0) is 32.4 Å². The summed E-state index contributed by atoms with van der Waals surface area (Å²) in [7, 11) is -4.12. The molecule has 0 fully saturated rings. The van der Waals surface area contributed by atoms with Crippen molar-refractivity contribution in [2.75, 3.05) is 6.61 Å². The molecule has 0 aliphatic heterocycles. The number of hydrogen-bond acceptors (Lipinski definition) is 6. The van der Waals surface area contributed by atoms with Crippen LogP contribution >= 0.6 is 0 Å². The fourth-order valence-corrected chi connectivity index (χ4v) is 5.28. The molecule has 0 heterocycles. The van der Waals surface area contributed by atoms with Gasteiger partial charge in [-0.1, -0.05) is 78.9 Å². The SMILES string of the molecule is O=C(N[C@H](COC(=O)[C@H](Cc1ccccc1)NS(=O)(=O)c1ccc(O)cc1)Cc1ccccc1)c1ccccc1. The molecule has 0 saturated heterocycles. The number of phenolic OH excluding ortho intramolecular Hbond substituents is 1. The molecule has 0 saturated carbocycles. The van der Waals surface area contributed by atoms with E-state index in [1.54, 1.807) is 48.5 Å². The van der Waals surface area contributed by atoms with Gasteiger partial charge in [-0.25, -0.2) is 8.42 Å². The zero-order valence-corrected chi connectivity index (χ0v) is 22.5. The van der Waals surface area contributed by atoms with Gasteiger partial charge in [0.25, 0.3) is 5.91 Å². The van der Waals surface area contributed by atoms with E-state index in [0.717, 1.165) is 11.1 Å². The molecule has 0 aromatic heterocycles. The second-order valence-electron chi connectivity index (χ2n) is 9.21. The number of amides is 1. The van der Waals surface area contributed by atoms with Crippen LogP contribution in [0.3, 0.4) is 0 Å². The summed E-state index contributed by atoms with van der Waals surface area (Å²) in [4.78, 5) is 26.1. The van der Waals surface area contributed by atoms with Crippen LogP contribution in [0.2, 0.25) is 0 Å². The van der Waals surface area contributed by atoms with Crippen LogP contribution in [0.15, 0.2) is 120 Å².